The molecule has 0 heterocycles. The van der Waals surface area contributed by atoms with Gasteiger partial charge in [-0.25, -0.2) is 4.79 Å². The van der Waals surface area contributed by atoms with E-state index in [-0.39, 0.29) is 24.7 Å². The summed E-state index contributed by atoms with van der Waals surface area (Å²) in [6, 6.07) is 5.30. The number of hydrogen-bond donors (Lipinski definition) is 6. The maximum absolute atomic E-state index is 13.4. The summed E-state index contributed by atoms with van der Waals surface area (Å²) in [4.78, 5) is 51.1. The molecule has 0 aromatic heterocycles. The van der Waals surface area contributed by atoms with Gasteiger partial charge in [0.1, 0.15) is 18.1 Å². The molecule has 0 fully saturated rings. The van der Waals surface area contributed by atoms with Crippen LogP contribution in [0.25, 0.3) is 0 Å². The molecule has 0 radical (unpaired) electrons. The number of unbranched alkanes of at least 4 members (excludes halogenated alkanes) is 1. The summed E-state index contributed by atoms with van der Waals surface area (Å²) >= 11 is 0. The molecule has 37 heavy (non-hydrogen) atoms. The molecule has 0 aliphatic carbocycles. The monoisotopic (exact) mass is 519 g/mol. The number of benzene rings is 1. The van der Waals surface area contributed by atoms with Crippen molar-refractivity contribution < 1.29 is 24.3 Å². The molecular weight excluding hydrogens is 474 g/mol. The van der Waals surface area contributed by atoms with Gasteiger partial charge in [-0.3, -0.25) is 14.4 Å². The van der Waals surface area contributed by atoms with Crippen LogP contribution in [0.4, 0.5) is 0 Å². The standard InChI is InChI=1S/C27H45N5O5/c1-5-17(3)22(29)25(34)32-23(18(4)6-2)26(35)31-21(16-19-12-8-7-9-13-19)24(33)30-20(27(36)37)14-10-11-15-28/h7-9,12-13,17-18,20-23H,5-6,10-11,14-16,28-29H2,1-4H3,(H,30,33)(H,31,35)(H,32,34)(H,36,37). The fraction of sp³-hybridized carbons (Fsp3) is 0.630. The summed E-state index contributed by atoms with van der Waals surface area (Å²) in [7, 11) is 0. The number of carboxylic acid groups (broad SMARTS) is 1. The number of carboxylic acids is 1. The lowest BCUT2D eigenvalue weighted by molar-refractivity contribution is -0.142. The molecule has 0 saturated heterocycles. The number of nitrogens with two attached hydrogens (primary N) is 2. The van der Waals surface area contributed by atoms with Crippen LogP contribution in [0.3, 0.4) is 0 Å². The average molecular weight is 520 g/mol. The second-order valence-electron chi connectivity index (χ2n) is 9.72. The Balaban J connectivity index is 3.13. The number of nitrogens with one attached hydrogen (secondary N) is 3. The first kappa shape index (κ1) is 32.0. The predicted octanol–water partition coefficient (Wildman–Crippen LogP) is 1.32. The molecule has 1 aromatic carbocycles. The van der Waals surface area contributed by atoms with Crippen molar-refractivity contribution in [2.45, 2.75) is 90.4 Å². The minimum absolute atomic E-state index is 0.0653. The Morgan fingerprint density at radius 2 is 1.43 bits per heavy atom. The molecular formula is C27H45N5O5. The molecule has 3 amide bonds. The Morgan fingerprint density at radius 3 is 1.97 bits per heavy atom. The number of carbonyl (C=O) groups excluding carboxylic acids is 3. The molecule has 208 valence electrons. The van der Waals surface area contributed by atoms with E-state index in [9.17, 15) is 24.3 Å². The van der Waals surface area contributed by atoms with Gasteiger partial charge in [0.25, 0.3) is 0 Å². The van der Waals surface area contributed by atoms with Crippen molar-refractivity contribution in [3.8, 4) is 0 Å². The van der Waals surface area contributed by atoms with Crippen LogP contribution in [0.5, 0.6) is 0 Å². The number of aliphatic carboxylic acids is 1. The van der Waals surface area contributed by atoms with Crippen LogP contribution in [-0.4, -0.2) is 59.5 Å². The predicted molar refractivity (Wildman–Crippen MR) is 143 cm³/mol. The highest BCUT2D eigenvalue weighted by atomic mass is 16.4. The fourth-order valence-electron chi connectivity index (χ4n) is 3.81. The second-order valence-corrected chi connectivity index (χ2v) is 9.72. The zero-order chi connectivity index (χ0) is 28.0. The van der Waals surface area contributed by atoms with E-state index in [2.05, 4.69) is 16.0 Å². The maximum Gasteiger partial charge on any atom is 0.326 e. The van der Waals surface area contributed by atoms with Crippen LogP contribution in [0.2, 0.25) is 0 Å². The molecule has 10 heteroatoms. The Hall–Kier alpha value is -2.98. The van der Waals surface area contributed by atoms with Crippen molar-refractivity contribution >= 4 is 23.7 Å². The fourth-order valence-corrected chi connectivity index (χ4v) is 3.81. The highest BCUT2D eigenvalue weighted by Gasteiger charge is 2.33. The molecule has 1 rings (SSSR count). The highest BCUT2D eigenvalue weighted by molar-refractivity contribution is 5.94. The van der Waals surface area contributed by atoms with Gasteiger partial charge in [0, 0.05) is 6.42 Å². The number of rotatable bonds is 17. The van der Waals surface area contributed by atoms with Gasteiger partial charge in [0.05, 0.1) is 6.04 Å². The van der Waals surface area contributed by atoms with Crippen molar-refractivity contribution in [1.82, 2.24) is 16.0 Å². The summed E-state index contributed by atoms with van der Waals surface area (Å²) in [6.07, 6.45) is 2.88. The highest BCUT2D eigenvalue weighted by Crippen LogP contribution is 2.12. The molecule has 6 unspecified atom stereocenters. The van der Waals surface area contributed by atoms with Gasteiger partial charge in [-0.15, -0.1) is 0 Å². The van der Waals surface area contributed by atoms with E-state index in [1.165, 1.54) is 0 Å². The Labute approximate surface area is 220 Å². The minimum Gasteiger partial charge on any atom is -0.480 e. The van der Waals surface area contributed by atoms with Crippen LogP contribution in [0.15, 0.2) is 30.3 Å². The zero-order valence-corrected chi connectivity index (χ0v) is 22.5. The third-order valence-electron chi connectivity index (χ3n) is 6.83. The van der Waals surface area contributed by atoms with Crippen molar-refractivity contribution in [2.75, 3.05) is 6.54 Å². The summed E-state index contributed by atoms with van der Waals surface area (Å²) in [5.41, 5.74) is 12.4. The largest absolute Gasteiger partial charge is 0.480 e. The number of hydrogen-bond acceptors (Lipinski definition) is 6. The van der Waals surface area contributed by atoms with Crippen LogP contribution in [-0.2, 0) is 25.6 Å². The topological polar surface area (TPSA) is 177 Å². The first-order valence-electron chi connectivity index (χ1n) is 13.2. The average Bonchev–Trinajstić information content (AvgIpc) is 2.89. The van der Waals surface area contributed by atoms with Gasteiger partial charge in [-0.1, -0.05) is 70.9 Å². The van der Waals surface area contributed by atoms with Crippen molar-refractivity contribution in [2.24, 2.45) is 23.3 Å². The lowest BCUT2D eigenvalue weighted by atomic mass is 9.95. The zero-order valence-electron chi connectivity index (χ0n) is 22.5. The van der Waals surface area contributed by atoms with E-state index in [0.717, 1.165) is 5.56 Å². The molecule has 0 saturated carbocycles. The van der Waals surface area contributed by atoms with Crippen LogP contribution in [0, 0.1) is 11.8 Å². The van der Waals surface area contributed by atoms with Crippen molar-refractivity contribution in [1.29, 1.82) is 0 Å². The van der Waals surface area contributed by atoms with Gasteiger partial charge in [0.15, 0.2) is 0 Å². The summed E-state index contributed by atoms with van der Waals surface area (Å²) < 4.78 is 0. The summed E-state index contributed by atoms with van der Waals surface area (Å²) in [5, 5.41) is 17.7. The number of amides is 3. The minimum atomic E-state index is -1.15. The summed E-state index contributed by atoms with van der Waals surface area (Å²) in [6.45, 7) is 7.97. The first-order chi connectivity index (χ1) is 17.5. The van der Waals surface area contributed by atoms with E-state index >= 15 is 0 Å². The van der Waals surface area contributed by atoms with Crippen molar-refractivity contribution in [3.05, 3.63) is 35.9 Å². The first-order valence-corrected chi connectivity index (χ1v) is 13.2. The number of carbonyl (C=O) groups is 4. The molecule has 10 nitrogen and oxygen atoms in total. The van der Waals surface area contributed by atoms with Gasteiger partial charge >= 0.3 is 5.97 Å². The van der Waals surface area contributed by atoms with Gasteiger partial charge < -0.3 is 32.5 Å². The third-order valence-corrected chi connectivity index (χ3v) is 6.83. The SMILES string of the molecule is CCC(C)C(N)C(=O)NC(C(=O)NC(Cc1ccccc1)C(=O)NC(CCCCN)C(=O)O)C(C)CC. The second kappa shape index (κ2) is 16.7. The normalized spacial score (nSPS) is 15.9. The van der Waals surface area contributed by atoms with E-state index < -0.39 is 47.9 Å². The van der Waals surface area contributed by atoms with Gasteiger partial charge in [0.2, 0.25) is 17.7 Å². The van der Waals surface area contributed by atoms with Crippen LogP contribution in [0.1, 0.15) is 65.4 Å². The summed E-state index contributed by atoms with van der Waals surface area (Å²) in [5.74, 6) is -3.00. The van der Waals surface area contributed by atoms with Gasteiger partial charge in [-0.2, -0.15) is 0 Å². The molecule has 0 aliphatic rings. The quantitative estimate of drug-likeness (QED) is 0.168. The van der Waals surface area contributed by atoms with Gasteiger partial charge in [-0.05, 0) is 43.2 Å². The Morgan fingerprint density at radius 1 is 0.838 bits per heavy atom. The molecule has 0 bridgehead atoms. The van der Waals surface area contributed by atoms with Crippen molar-refractivity contribution in [3.63, 3.8) is 0 Å². The van der Waals surface area contributed by atoms with Crippen LogP contribution < -0.4 is 27.4 Å². The Bertz CT molecular complexity index is 866. The van der Waals surface area contributed by atoms with Crippen LogP contribution >= 0.6 is 0 Å². The molecule has 0 aliphatic heterocycles. The molecule has 1 aromatic rings. The Kier molecular flexibility index (Phi) is 14.5. The van der Waals surface area contributed by atoms with E-state index in [1.54, 1.807) is 0 Å². The molecule has 0 spiro atoms. The maximum atomic E-state index is 13.4. The lowest BCUT2D eigenvalue weighted by Gasteiger charge is -2.29. The van der Waals surface area contributed by atoms with E-state index in [1.807, 2.05) is 58.0 Å². The smallest absolute Gasteiger partial charge is 0.326 e. The van der Waals surface area contributed by atoms with E-state index in [0.29, 0.717) is 32.2 Å². The molecule has 6 atom stereocenters. The lowest BCUT2D eigenvalue weighted by Crippen LogP contribution is -2.59. The molecule has 8 N–H and O–H groups in total. The third kappa shape index (κ3) is 10.9. The van der Waals surface area contributed by atoms with E-state index in [4.69, 9.17) is 11.5 Å².